The first-order valence-electron chi connectivity index (χ1n) is 6.79. The summed E-state index contributed by atoms with van der Waals surface area (Å²) >= 11 is 1.78. The highest BCUT2D eigenvalue weighted by atomic mass is 32.1. The van der Waals surface area contributed by atoms with Crippen LogP contribution in [0.2, 0.25) is 0 Å². The predicted octanol–water partition coefficient (Wildman–Crippen LogP) is 2.70. The van der Waals surface area contributed by atoms with Crippen molar-refractivity contribution in [2.24, 2.45) is 5.73 Å². The zero-order valence-electron chi connectivity index (χ0n) is 12.4. The summed E-state index contributed by atoms with van der Waals surface area (Å²) in [6.07, 6.45) is 0. The van der Waals surface area contributed by atoms with E-state index in [4.69, 9.17) is 10.5 Å². The fraction of sp³-hybridized carbons (Fsp3) is 0.294. The second-order valence-corrected chi connectivity index (χ2v) is 5.81. The van der Waals surface area contributed by atoms with Gasteiger partial charge in [0.15, 0.2) is 0 Å². The van der Waals surface area contributed by atoms with E-state index in [1.165, 1.54) is 4.88 Å². The van der Waals surface area contributed by atoms with E-state index in [0.717, 1.165) is 30.0 Å². The quantitative estimate of drug-likeness (QED) is 0.863. The smallest absolute Gasteiger partial charge is 0.119 e. The standard InChI is InChI=1S/C17H20N2OS/c1-19(13-17-6-4-10-21-17)12-15-11-16(20-2)8-7-14(15)5-3-9-18/h4,6-8,10-11H,9,12-13,18H2,1-2H3. The van der Waals surface area contributed by atoms with Crippen molar-refractivity contribution in [3.05, 3.63) is 51.7 Å². The lowest BCUT2D eigenvalue weighted by atomic mass is 10.1. The molecular weight excluding hydrogens is 280 g/mol. The van der Waals surface area contributed by atoms with Gasteiger partial charge in [0.05, 0.1) is 13.7 Å². The molecule has 21 heavy (non-hydrogen) atoms. The molecule has 0 aliphatic carbocycles. The van der Waals surface area contributed by atoms with Gasteiger partial charge < -0.3 is 10.5 Å². The van der Waals surface area contributed by atoms with Crippen LogP contribution in [0.5, 0.6) is 5.75 Å². The van der Waals surface area contributed by atoms with Gasteiger partial charge in [0.2, 0.25) is 0 Å². The van der Waals surface area contributed by atoms with Crippen molar-refractivity contribution in [3.8, 4) is 17.6 Å². The van der Waals surface area contributed by atoms with Crippen LogP contribution in [0.3, 0.4) is 0 Å². The Labute approximate surface area is 130 Å². The van der Waals surface area contributed by atoms with Crippen molar-refractivity contribution < 1.29 is 4.74 Å². The van der Waals surface area contributed by atoms with Crippen molar-refractivity contribution in [2.45, 2.75) is 13.1 Å². The fourth-order valence-corrected chi connectivity index (χ4v) is 2.90. The molecule has 1 aromatic carbocycles. The molecule has 3 nitrogen and oxygen atoms in total. The monoisotopic (exact) mass is 300 g/mol. The van der Waals surface area contributed by atoms with Gasteiger partial charge in [-0.3, -0.25) is 4.90 Å². The highest BCUT2D eigenvalue weighted by molar-refractivity contribution is 7.09. The number of nitrogens with zero attached hydrogens (tertiary/aromatic N) is 1. The van der Waals surface area contributed by atoms with E-state index in [0.29, 0.717) is 6.54 Å². The fourth-order valence-electron chi connectivity index (χ4n) is 2.11. The highest BCUT2D eigenvalue weighted by Crippen LogP contribution is 2.20. The maximum absolute atomic E-state index is 5.47. The molecule has 0 aliphatic heterocycles. The minimum atomic E-state index is 0.372. The van der Waals surface area contributed by atoms with Gasteiger partial charge in [0, 0.05) is 23.5 Å². The lowest BCUT2D eigenvalue weighted by molar-refractivity contribution is 0.321. The molecule has 0 aliphatic rings. The number of nitrogens with two attached hydrogens (primary N) is 1. The van der Waals surface area contributed by atoms with Crippen molar-refractivity contribution in [3.63, 3.8) is 0 Å². The van der Waals surface area contributed by atoms with Gasteiger partial charge in [-0.1, -0.05) is 17.9 Å². The van der Waals surface area contributed by atoms with Crippen LogP contribution in [0, 0.1) is 11.8 Å². The molecule has 0 amide bonds. The van der Waals surface area contributed by atoms with Crippen LogP contribution in [0.1, 0.15) is 16.0 Å². The number of ether oxygens (including phenoxy) is 1. The van der Waals surface area contributed by atoms with Crippen LogP contribution < -0.4 is 10.5 Å². The van der Waals surface area contributed by atoms with Crippen LogP contribution in [0.25, 0.3) is 0 Å². The minimum Gasteiger partial charge on any atom is -0.497 e. The van der Waals surface area contributed by atoms with E-state index < -0.39 is 0 Å². The van der Waals surface area contributed by atoms with E-state index in [9.17, 15) is 0 Å². The maximum atomic E-state index is 5.47. The van der Waals surface area contributed by atoms with Crippen LogP contribution >= 0.6 is 11.3 Å². The molecule has 0 atom stereocenters. The Morgan fingerprint density at radius 1 is 1.29 bits per heavy atom. The van der Waals surface area contributed by atoms with Gasteiger partial charge >= 0.3 is 0 Å². The van der Waals surface area contributed by atoms with Gasteiger partial charge in [0.1, 0.15) is 5.75 Å². The van der Waals surface area contributed by atoms with E-state index in [1.54, 1.807) is 18.4 Å². The summed E-state index contributed by atoms with van der Waals surface area (Å²) in [5.74, 6) is 6.91. The SMILES string of the molecule is COc1ccc(C#CCN)c(CN(C)Cc2cccs2)c1. The Bertz CT molecular complexity index is 626. The second-order valence-electron chi connectivity index (χ2n) is 4.78. The molecule has 2 rings (SSSR count). The number of thiophene rings is 1. The molecule has 2 N–H and O–H groups in total. The summed E-state index contributed by atoms with van der Waals surface area (Å²) in [5.41, 5.74) is 7.64. The molecule has 0 saturated carbocycles. The average Bonchev–Trinajstić information content (AvgIpc) is 2.98. The van der Waals surface area contributed by atoms with Gasteiger partial charge in [-0.15, -0.1) is 11.3 Å². The summed E-state index contributed by atoms with van der Waals surface area (Å²) in [6.45, 7) is 2.12. The van der Waals surface area contributed by atoms with Crippen molar-refractivity contribution >= 4 is 11.3 Å². The molecule has 4 heteroatoms. The van der Waals surface area contributed by atoms with Crippen LogP contribution in [0.15, 0.2) is 35.7 Å². The molecule has 0 bridgehead atoms. The predicted molar refractivity (Wildman–Crippen MR) is 88.4 cm³/mol. The number of benzene rings is 1. The summed E-state index contributed by atoms with van der Waals surface area (Å²) < 4.78 is 5.31. The molecule has 0 unspecified atom stereocenters. The lowest BCUT2D eigenvalue weighted by Crippen LogP contribution is -2.17. The van der Waals surface area contributed by atoms with E-state index in [2.05, 4.69) is 41.3 Å². The first-order valence-corrected chi connectivity index (χ1v) is 7.67. The molecule has 0 radical (unpaired) electrons. The maximum Gasteiger partial charge on any atom is 0.119 e. The van der Waals surface area contributed by atoms with Gasteiger partial charge in [-0.05, 0) is 42.3 Å². The summed E-state index contributed by atoms with van der Waals surface area (Å²) in [5, 5.41) is 2.10. The third-order valence-corrected chi connectivity index (χ3v) is 3.94. The number of rotatable bonds is 5. The number of hydrogen-bond donors (Lipinski definition) is 1. The first kappa shape index (κ1) is 15.6. The van der Waals surface area contributed by atoms with Gasteiger partial charge in [-0.2, -0.15) is 0 Å². The van der Waals surface area contributed by atoms with Crippen molar-refractivity contribution in [1.29, 1.82) is 0 Å². The normalized spacial score (nSPS) is 10.3. The Morgan fingerprint density at radius 2 is 2.14 bits per heavy atom. The lowest BCUT2D eigenvalue weighted by Gasteiger charge is -2.17. The summed E-state index contributed by atoms with van der Waals surface area (Å²) in [6, 6.07) is 10.2. The second kappa shape index (κ2) is 7.84. The Kier molecular flexibility index (Phi) is 5.82. The zero-order chi connectivity index (χ0) is 15.1. The third-order valence-electron chi connectivity index (χ3n) is 3.08. The number of hydrogen-bond acceptors (Lipinski definition) is 4. The molecular formula is C17H20N2OS. The largest absolute Gasteiger partial charge is 0.497 e. The molecule has 1 heterocycles. The van der Waals surface area contributed by atoms with Crippen LogP contribution in [-0.4, -0.2) is 25.6 Å². The van der Waals surface area contributed by atoms with E-state index >= 15 is 0 Å². The first-order chi connectivity index (χ1) is 10.2. The van der Waals surface area contributed by atoms with Crippen molar-refractivity contribution in [1.82, 2.24) is 4.90 Å². The average molecular weight is 300 g/mol. The molecule has 2 aromatic rings. The van der Waals surface area contributed by atoms with Gasteiger partial charge in [-0.25, -0.2) is 0 Å². The van der Waals surface area contributed by atoms with E-state index in [-0.39, 0.29) is 0 Å². The van der Waals surface area contributed by atoms with Crippen LogP contribution in [0.4, 0.5) is 0 Å². The third kappa shape index (κ3) is 4.61. The molecule has 0 saturated heterocycles. The molecule has 110 valence electrons. The minimum absolute atomic E-state index is 0.372. The topological polar surface area (TPSA) is 38.5 Å². The summed E-state index contributed by atoms with van der Waals surface area (Å²) in [4.78, 5) is 3.63. The Balaban J connectivity index is 2.15. The highest BCUT2D eigenvalue weighted by Gasteiger charge is 2.07. The van der Waals surface area contributed by atoms with Crippen molar-refractivity contribution in [2.75, 3.05) is 20.7 Å². The zero-order valence-corrected chi connectivity index (χ0v) is 13.2. The summed E-state index contributed by atoms with van der Waals surface area (Å²) in [7, 11) is 3.79. The van der Waals surface area contributed by atoms with Gasteiger partial charge in [0.25, 0.3) is 0 Å². The Hall–Kier alpha value is -1.80. The molecule has 0 fully saturated rings. The molecule has 1 aromatic heterocycles. The van der Waals surface area contributed by atoms with E-state index in [1.807, 2.05) is 18.2 Å². The molecule has 0 spiro atoms. The number of methoxy groups -OCH3 is 1. The van der Waals surface area contributed by atoms with Crippen LogP contribution in [-0.2, 0) is 13.1 Å². The Morgan fingerprint density at radius 3 is 2.81 bits per heavy atom.